The van der Waals surface area contributed by atoms with E-state index in [1.807, 2.05) is 25.1 Å². The molecule has 1 saturated heterocycles. The third-order valence-corrected chi connectivity index (χ3v) is 7.09. The van der Waals surface area contributed by atoms with Crippen molar-refractivity contribution >= 4 is 12.0 Å². The highest BCUT2D eigenvalue weighted by atomic mass is 16.6. The fraction of sp³-hybridized carbons (Fsp3) is 0.462. The normalized spacial score (nSPS) is 23.1. The van der Waals surface area contributed by atoms with Crippen LogP contribution in [0.15, 0.2) is 48.5 Å². The number of amides is 2. The molecule has 3 aliphatic rings. The molecule has 168 valence electrons. The second kappa shape index (κ2) is 8.94. The van der Waals surface area contributed by atoms with Gasteiger partial charge in [-0.25, -0.2) is 4.79 Å². The van der Waals surface area contributed by atoms with E-state index in [9.17, 15) is 9.59 Å². The van der Waals surface area contributed by atoms with Gasteiger partial charge in [-0.2, -0.15) is 0 Å². The standard InChI is InChI=1S/C26H31N3O3/c1-2-32-26(31)28-16-14-19(15-17-28)27-24-21-11-5-6-12-22(21)25(30)29(24)23-13-7-9-18-8-3-4-10-20(18)23/h3-6,8,10-12,19,23-24,27H,2,7,9,13-17H2,1H3/t23-,24+/m0/s1. The Morgan fingerprint density at radius 1 is 1.03 bits per heavy atom. The molecular formula is C26H31N3O3. The van der Waals surface area contributed by atoms with Crippen LogP contribution in [0, 0.1) is 0 Å². The number of hydrogen-bond acceptors (Lipinski definition) is 4. The molecule has 1 aliphatic carbocycles. The Labute approximate surface area is 189 Å². The summed E-state index contributed by atoms with van der Waals surface area (Å²) < 4.78 is 5.15. The molecule has 2 heterocycles. The molecule has 6 heteroatoms. The molecule has 1 fully saturated rings. The van der Waals surface area contributed by atoms with Crippen LogP contribution in [-0.4, -0.2) is 47.5 Å². The van der Waals surface area contributed by atoms with Crippen molar-refractivity contribution < 1.29 is 14.3 Å². The third kappa shape index (κ3) is 3.77. The summed E-state index contributed by atoms with van der Waals surface area (Å²) in [5, 5.41) is 3.80. The quantitative estimate of drug-likeness (QED) is 0.775. The highest BCUT2D eigenvalue weighted by Gasteiger charge is 2.43. The molecule has 2 amide bonds. The number of likely N-dealkylation sites (tertiary alicyclic amines) is 1. The van der Waals surface area contributed by atoms with Gasteiger partial charge in [0.1, 0.15) is 6.17 Å². The number of carbonyl (C=O) groups is 2. The second-order valence-corrected chi connectivity index (χ2v) is 8.94. The van der Waals surface area contributed by atoms with E-state index in [-0.39, 0.29) is 30.2 Å². The summed E-state index contributed by atoms with van der Waals surface area (Å²) in [5.41, 5.74) is 4.50. The zero-order valence-electron chi connectivity index (χ0n) is 18.6. The monoisotopic (exact) mass is 433 g/mol. The van der Waals surface area contributed by atoms with Crippen molar-refractivity contribution in [1.82, 2.24) is 15.1 Å². The summed E-state index contributed by atoms with van der Waals surface area (Å²) >= 11 is 0. The average Bonchev–Trinajstić information content (AvgIpc) is 3.11. The van der Waals surface area contributed by atoms with E-state index in [4.69, 9.17) is 4.74 Å². The molecule has 0 aromatic heterocycles. The Hall–Kier alpha value is -2.86. The van der Waals surface area contributed by atoms with Crippen LogP contribution in [0.2, 0.25) is 0 Å². The Bertz CT molecular complexity index is 999. The van der Waals surface area contributed by atoms with Gasteiger partial charge >= 0.3 is 6.09 Å². The lowest BCUT2D eigenvalue weighted by atomic mass is 9.86. The van der Waals surface area contributed by atoms with Gasteiger partial charge in [0.25, 0.3) is 5.91 Å². The van der Waals surface area contributed by atoms with Crippen molar-refractivity contribution in [3.05, 3.63) is 70.8 Å². The van der Waals surface area contributed by atoms with E-state index in [1.165, 1.54) is 11.1 Å². The number of nitrogens with one attached hydrogen (secondary N) is 1. The van der Waals surface area contributed by atoms with E-state index in [2.05, 4.69) is 40.5 Å². The lowest BCUT2D eigenvalue weighted by molar-refractivity contribution is 0.0504. The first-order valence-corrected chi connectivity index (χ1v) is 11.8. The minimum atomic E-state index is -0.229. The number of aryl methyl sites for hydroxylation is 1. The van der Waals surface area contributed by atoms with Crippen LogP contribution < -0.4 is 5.32 Å². The minimum absolute atomic E-state index is 0.0805. The molecule has 0 spiro atoms. The van der Waals surface area contributed by atoms with Crippen molar-refractivity contribution in [2.24, 2.45) is 0 Å². The van der Waals surface area contributed by atoms with E-state index in [0.29, 0.717) is 19.7 Å². The van der Waals surface area contributed by atoms with E-state index >= 15 is 0 Å². The van der Waals surface area contributed by atoms with Gasteiger partial charge in [0.05, 0.1) is 12.6 Å². The fourth-order valence-electron chi connectivity index (χ4n) is 5.51. The van der Waals surface area contributed by atoms with E-state index in [0.717, 1.165) is 43.2 Å². The lowest BCUT2D eigenvalue weighted by Gasteiger charge is -2.40. The molecule has 2 aliphatic heterocycles. The van der Waals surface area contributed by atoms with Crippen LogP contribution >= 0.6 is 0 Å². The van der Waals surface area contributed by atoms with Crippen LogP contribution in [0.5, 0.6) is 0 Å². The first-order valence-electron chi connectivity index (χ1n) is 11.8. The SMILES string of the molecule is CCOC(=O)N1CCC(N[C@H]2c3ccccc3C(=O)N2[C@H]2CCCc3ccccc32)CC1. The first kappa shape index (κ1) is 21.0. The lowest BCUT2D eigenvalue weighted by Crippen LogP contribution is -2.49. The largest absolute Gasteiger partial charge is 0.450 e. The van der Waals surface area contributed by atoms with E-state index in [1.54, 1.807) is 4.90 Å². The van der Waals surface area contributed by atoms with Crippen LogP contribution in [-0.2, 0) is 11.2 Å². The Morgan fingerprint density at radius 2 is 1.75 bits per heavy atom. The number of ether oxygens (including phenoxy) is 1. The van der Waals surface area contributed by atoms with Crippen molar-refractivity contribution in [3.63, 3.8) is 0 Å². The predicted octanol–water partition coefficient (Wildman–Crippen LogP) is 4.43. The number of fused-ring (bicyclic) bond motifs is 2. The van der Waals surface area contributed by atoms with E-state index < -0.39 is 0 Å². The topological polar surface area (TPSA) is 61.9 Å². The molecule has 0 unspecified atom stereocenters. The zero-order chi connectivity index (χ0) is 22.1. The molecule has 0 saturated carbocycles. The van der Waals surface area contributed by atoms with Crippen LogP contribution in [0.4, 0.5) is 4.79 Å². The summed E-state index contributed by atoms with van der Waals surface area (Å²) in [5.74, 6) is 0.115. The number of carbonyl (C=O) groups excluding carboxylic acids is 2. The van der Waals surface area contributed by atoms with Gasteiger partial charge in [0, 0.05) is 30.3 Å². The van der Waals surface area contributed by atoms with Gasteiger partial charge < -0.3 is 14.5 Å². The number of hydrogen-bond donors (Lipinski definition) is 1. The van der Waals surface area contributed by atoms with Gasteiger partial charge in [-0.05, 0) is 56.2 Å². The smallest absolute Gasteiger partial charge is 0.409 e. The van der Waals surface area contributed by atoms with Gasteiger partial charge in [0.2, 0.25) is 0 Å². The average molecular weight is 434 g/mol. The summed E-state index contributed by atoms with van der Waals surface area (Å²) in [6.45, 7) is 3.57. The van der Waals surface area contributed by atoms with Crippen molar-refractivity contribution in [2.75, 3.05) is 19.7 Å². The third-order valence-electron chi connectivity index (χ3n) is 7.09. The van der Waals surface area contributed by atoms with Crippen LogP contribution in [0.3, 0.4) is 0 Å². The molecular weight excluding hydrogens is 402 g/mol. The Balaban J connectivity index is 1.39. The maximum absolute atomic E-state index is 13.6. The number of benzene rings is 2. The predicted molar refractivity (Wildman–Crippen MR) is 122 cm³/mol. The highest BCUT2D eigenvalue weighted by Crippen LogP contribution is 2.43. The minimum Gasteiger partial charge on any atom is -0.450 e. The molecule has 0 radical (unpaired) electrons. The van der Waals surface area contributed by atoms with Gasteiger partial charge in [0.15, 0.2) is 0 Å². The summed E-state index contributed by atoms with van der Waals surface area (Å²) in [6.07, 6.45) is 4.47. The molecule has 5 rings (SSSR count). The Morgan fingerprint density at radius 3 is 2.53 bits per heavy atom. The fourth-order valence-corrected chi connectivity index (χ4v) is 5.51. The Kier molecular flexibility index (Phi) is 5.87. The molecule has 1 N–H and O–H groups in total. The molecule has 0 bridgehead atoms. The van der Waals surface area contributed by atoms with Crippen molar-refractivity contribution in [2.45, 2.75) is 57.3 Å². The maximum atomic E-state index is 13.6. The van der Waals surface area contributed by atoms with Crippen molar-refractivity contribution in [3.8, 4) is 0 Å². The van der Waals surface area contributed by atoms with Gasteiger partial charge in [-0.1, -0.05) is 42.5 Å². The van der Waals surface area contributed by atoms with Crippen LogP contribution in [0.25, 0.3) is 0 Å². The second-order valence-electron chi connectivity index (χ2n) is 8.94. The summed E-state index contributed by atoms with van der Waals surface area (Å²) in [7, 11) is 0. The molecule has 32 heavy (non-hydrogen) atoms. The number of rotatable bonds is 4. The molecule has 2 aromatic rings. The van der Waals surface area contributed by atoms with Crippen LogP contribution in [0.1, 0.15) is 71.9 Å². The molecule has 6 nitrogen and oxygen atoms in total. The van der Waals surface area contributed by atoms with Gasteiger partial charge in [-0.15, -0.1) is 0 Å². The summed E-state index contributed by atoms with van der Waals surface area (Å²) in [6, 6.07) is 16.9. The number of piperidine rings is 1. The first-order chi connectivity index (χ1) is 15.7. The van der Waals surface area contributed by atoms with Crippen molar-refractivity contribution in [1.29, 1.82) is 0 Å². The summed E-state index contributed by atoms with van der Waals surface area (Å²) in [4.78, 5) is 29.5. The number of nitrogens with zero attached hydrogens (tertiary/aromatic N) is 2. The molecule has 2 atom stereocenters. The van der Waals surface area contributed by atoms with Gasteiger partial charge in [-0.3, -0.25) is 10.1 Å². The maximum Gasteiger partial charge on any atom is 0.409 e. The molecule has 2 aromatic carbocycles. The zero-order valence-corrected chi connectivity index (χ0v) is 18.6. The highest BCUT2D eigenvalue weighted by molar-refractivity contribution is 5.99.